The van der Waals surface area contributed by atoms with E-state index in [9.17, 15) is 5.26 Å². The third-order valence-corrected chi connectivity index (χ3v) is 3.92. The first-order chi connectivity index (χ1) is 10.2. The van der Waals surface area contributed by atoms with Gasteiger partial charge in [0.1, 0.15) is 17.5 Å². The summed E-state index contributed by atoms with van der Waals surface area (Å²) in [5.74, 6) is 1.14. The number of nitrogen functional groups attached to an aromatic ring is 1. The molecule has 3 rings (SSSR count). The Hall–Kier alpha value is -2.48. The van der Waals surface area contributed by atoms with E-state index in [0.717, 1.165) is 43.0 Å². The van der Waals surface area contributed by atoms with Gasteiger partial charge in [-0.15, -0.1) is 5.10 Å². The summed E-state index contributed by atoms with van der Waals surface area (Å²) in [4.78, 5) is 2.17. The summed E-state index contributed by atoms with van der Waals surface area (Å²) in [5, 5.41) is 14.0. The van der Waals surface area contributed by atoms with Crippen LogP contribution in [0.5, 0.6) is 0 Å². The van der Waals surface area contributed by atoms with E-state index in [0.29, 0.717) is 11.4 Å². The molecule has 5 nitrogen and oxygen atoms in total. The van der Waals surface area contributed by atoms with Crippen molar-refractivity contribution in [2.75, 3.05) is 23.7 Å². The Morgan fingerprint density at radius 1 is 1.24 bits per heavy atom. The zero-order valence-corrected chi connectivity index (χ0v) is 12.2. The molecule has 21 heavy (non-hydrogen) atoms. The van der Waals surface area contributed by atoms with Gasteiger partial charge in [-0.25, -0.2) is 4.68 Å². The first-order valence-corrected chi connectivity index (χ1v) is 7.31. The Kier molecular flexibility index (Phi) is 3.53. The third-order valence-electron chi connectivity index (χ3n) is 3.92. The topological polar surface area (TPSA) is 70.9 Å². The zero-order valence-electron chi connectivity index (χ0n) is 12.2. The van der Waals surface area contributed by atoms with Crippen LogP contribution in [0.25, 0.3) is 5.69 Å². The largest absolute Gasteiger partial charge is 0.382 e. The SMILES string of the molecule is Cc1cccc(-n2nc(N3CCCCC3)c(C#N)c2N)c1. The van der Waals surface area contributed by atoms with Crippen LogP contribution in [-0.2, 0) is 0 Å². The summed E-state index contributed by atoms with van der Waals surface area (Å²) in [6.45, 7) is 3.91. The van der Waals surface area contributed by atoms with Gasteiger partial charge in [0.15, 0.2) is 5.82 Å². The minimum Gasteiger partial charge on any atom is -0.382 e. The molecule has 2 aromatic rings. The quantitative estimate of drug-likeness (QED) is 0.918. The Morgan fingerprint density at radius 2 is 2.00 bits per heavy atom. The molecule has 1 aliphatic rings. The lowest BCUT2D eigenvalue weighted by Gasteiger charge is -2.26. The maximum atomic E-state index is 9.43. The lowest BCUT2D eigenvalue weighted by atomic mass is 10.1. The molecule has 5 heteroatoms. The summed E-state index contributed by atoms with van der Waals surface area (Å²) in [5.41, 5.74) is 8.67. The molecule has 1 aliphatic heterocycles. The number of nitriles is 1. The van der Waals surface area contributed by atoms with E-state index < -0.39 is 0 Å². The average Bonchev–Trinajstić information content (AvgIpc) is 2.85. The molecule has 0 radical (unpaired) electrons. The summed E-state index contributed by atoms with van der Waals surface area (Å²) in [6.07, 6.45) is 3.52. The van der Waals surface area contributed by atoms with Crippen LogP contribution >= 0.6 is 0 Å². The Labute approximate surface area is 124 Å². The van der Waals surface area contributed by atoms with Gasteiger partial charge in [0, 0.05) is 13.1 Å². The van der Waals surface area contributed by atoms with Crippen LogP contribution in [0, 0.1) is 18.3 Å². The number of benzene rings is 1. The fraction of sp³-hybridized carbons (Fsp3) is 0.375. The van der Waals surface area contributed by atoms with Crippen molar-refractivity contribution >= 4 is 11.6 Å². The van der Waals surface area contributed by atoms with Crippen LogP contribution in [0.3, 0.4) is 0 Å². The molecule has 0 bridgehead atoms. The third kappa shape index (κ3) is 2.45. The Morgan fingerprint density at radius 3 is 2.67 bits per heavy atom. The molecule has 1 aromatic carbocycles. The van der Waals surface area contributed by atoms with E-state index in [1.165, 1.54) is 6.42 Å². The highest BCUT2D eigenvalue weighted by atomic mass is 15.4. The number of anilines is 2. The van der Waals surface area contributed by atoms with Crippen molar-refractivity contribution in [1.29, 1.82) is 5.26 Å². The lowest BCUT2D eigenvalue weighted by molar-refractivity contribution is 0.571. The molecule has 0 unspecified atom stereocenters. The van der Waals surface area contributed by atoms with Crippen molar-refractivity contribution in [3.8, 4) is 11.8 Å². The van der Waals surface area contributed by atoms with Gasteiger partial charge in [-0.05, 0) is 43.9 Å². The van der Waals surface area contributed by atoms with Crippen LogP contribution in [0.4, 0.5) is 11.6 Å². The van der Waals surface area contributed by atoms with Crippen molar-refractivity contribution in [3.63, 3.8) is 0 Å². The molecule has 2 N–H and O–H groups in total. The summed E-state index contributed by atoms with van der Waals surface area (Å²) in [6, 6.07) is 10.2. The number of rotatable bonds is 2. The van der Waals surface area contributed by atoms with Crippen molar-refractivity contribution in [1.82, 2.24) is 9.78 Å². The zero-order chi connectivity index (χ0) is 14.8. The number of aryl methyl sites for hydroxylation is 1. The van der Waals surface area contributed by atoms with Crippen LogP contribution in [-0.4, -0.2) is 22.9 Å². The highest BCUT2D eigenvalue weighted by Crippen LogP contribution is 2.29. The van der Waals surface area contributed by atoms with Gasteiger partial charge in [0.2, 0.25) is 0 Å². The monoisotopic (exact) mass is 281 g/mol. The van der Waals surface area contributed by atoms with Gasteiger partial charge < -0.3 is 10.6 Å². The minimum atomic E-state index is 0.420. The van der Waals surface area contributed by atoms with Crippen molar-refractivity contribution < 1.29 is 0 Å². The molecule has 0 spiro atoms. The maximum Gasteiger partial charge on any atom is 0.171 e. The van der Waals surface area contributed by atoms with Gasteiger partial charge in [-0.2, -0.15) is 5.26 Å². The smallest absolute Gasteiger partial charge is 0.171 e. The minimum absolute atomic E-state index is 0.420. The predicted molar refractivity (Wildman–Crippen MR) is 83.5 cm³/mol. The second kappa shape index (κ2) is 5.49. The van der Waals surface area contributed by atoms with E-state index in [1.807, 2.05) is 31.2 Å². The second-order valence-corrected chi connectivity index (χ2v) is 5.49. The molecular weight excluding hydrogens is 262 g/mol. The number of nitrogens with zero attached hydrogens (tertiary/aromatic N) is 4. The fourth-order valence-corrected chi connectivity index (χ4v) is 2.81. The van der Waals surface area contributed by atoms with E-state index in [4.69, 9.17) is 5.73 Å². The van der Waals surface area contributed by atoms with Gasteiger partial charge in [0.25, 0.3) is 0 Å². The molecule has 0 saturated carbocycles. The average molecular weight is 281 g/mol. The number of nitrogens with two attached hydrogens (primary N) is 1. The summed E-state index contributed by atoms with van der Waals surface area (Å²) >= 11 is 0. The van der Waals surface area contributed by atoms with Gasteiger partial charge >= 0.3 is 0 Å². The Balaban J connectivity index is 2.07. The summed E-state index contributed by atoms with van der Waals surface area (Å²) < 4.78 is 1.68. The van der Waals surface area contributed by atoms with Crippen molar-refractivity contribution in [3.05, 3.63) is 35.4 Å². The molecule has 0 amide bonds. The highest BCUT2D eigenvalue weighted by molar-refractivity contribution is 5.67. The number of hydrogen-bond donors (Lipinski definition) is 1. The van der Waals surface area contributed by atoms with Crippen molar-refractivity contribution in [2.45, 2.75) is 26.2 Å². The number of piperidine rings is 1. The second-order valence-electron chi connectivity index (χ2n) is 5.49. The fourth-order valence-electron chi connectivity index (χ4n) is 2.81. The van der Waals surface area contributed by atoms with E-state index in [-0.39, 0.29) is 0 Å². The van der Waals surface area contributed by atoms with Gasteiger partial charge in [0.05, 0.1) is 5.69 Å². The number of hydrogen-bond acceptors (Lipinski definition) is 4. The Bertz CT molecular complexity index is 689. The standard InChI is InChI=1S/C16H19N5/c1-12-6-5-7-13(10-12)21-15(18)14(11-17)16(19-21)20-8-3-2-4-9-20/h5-7,10H,2-4,8-9,18H2,1H3. The first-order valence-electron chi connectivity index (χ1n) is 7.31. The van der Waals surface area contributed by atoms with Crippen LogP contribution < -0.4 is 10.6 Å². The first kappa shape index (κ1) is 13.5. The molecule has 108 valence electrons. The normalized spacial score (nSPS) is 15.0. The summed E-state index contributed by atoms with van der Waals surface area (Å²) in [7, 11) is 0. The van der Waals surface area contributed by atoms with Crippen LogP contribution in [0.1, 0.15) is 30.4 Å². The number of aromatic nitrogens is 2. The molecule has 1 aromatic heterocycles. The van der Waals surface area contributed by atoms with Gasteiger partial charge in [-0.1, -0.05) is 12.1 Å². The molecule has 2 heterocycles. The van der Waals surface area contributed by atoms with E-state index in [2.05, 4.69) is 16.1 Å². The van der Waals surface area contributed by atoms with Crippen LogP contribution in [0.15, 0.2) is 24.3 Å². The lowest BCUT2D eigenvalue weighted by Crippen LogP contribution is -2.30. The van der Waals surface area contributed by atoms with E-state index >= 15 is 0 Å². The molecule has 1 fully saturated rings. The molecule has 0 aliphatic carbocycles. The van der Waals surface area contributed by atoms with Crippen LogP contribution in [0.2, 0.25) is 0 Å². The highest BCUT2D eigenvalue weighted by Gasteiger charge is 2.22. The molecular formula is C16H19N5. The maximum absolute atomic E-state index is 9.43. The van der Waals surface area contributed by atoms with E-state index in [1.54, 1.807) is 4.68 Å². The van der Waals surface area contributed by atoms with Gasteiger partial charge in [-0.3, -0.25) is 0 Å². The molecule has 1 saturated heterocycles. The predicted octanol–water partition coefficient (Wildman–Crippen LogP) is 2.62. The van der Waals surface area contributed by atoms with Crippen molar-refractivity contribution in [2.24, 2.45) is 0 Å². The molecule has 0 atom stereocenters.